The highest BCUT2D eigenvalue weighted by Crippen LogP contribution is 2.31. The average Bonchev–Trinajstić information content (AvgIpc) is 2.54. The first kappa shape index (κ1) is 10.7. The second kappa shape index (κ2) is 5.34. The lowest BCUT2D eigenvalue weighted by atomic mass is 10.3. The monoisotopic (exact) mass is 202 g/mol. The van der Waals surface area contributed by atoms with Crippen molar-refractivity contribution in [3.8, 4) is 0 Å². The molecule has 2 atom stereocenters. The molecule has 13 heavy (non-hydrogen) atoms. The van der Waals surface area contributed by atoms with Crippen LogP contribution in [0.2, 0.25) is 0 Å². The molecule has 2 unspecified atom stereocenters. The van der Waals surface area contributed by atoms with Crippen molar-refractivity contribution in [2.24, 2.45) is 16.6 Å². The molecule has 0 aromatic carbocycles. The van der Waals surface area contributed by atoms with Gasteiger partial charge >= 0.3 is 0 Å². The smallest absolute Gasteiger partial charge is 0.203 e. The minimum atomic E-state index is 0.355. The quantitative estimate of drug-likeness (QED) is 0.269. The molecule has 0 saturated heterocycles. The van der Waals surface area contributed by atoms with E-state index in [-0.39, 0.29) is 0 Å². The highest BCUT2D eigenvalue weighted by atomic mass is 32.2. The lowest BCUT2D eigenvalue weighted by Crippen LogP contribution is -2.38. The predicted octanol–water partition coefficient (Wildman–Crippen LogP) is 0.439. The van der Waals surface area contributed by atoms with E-state index in [9.17, 15) is 0 Å². The van der Waals surface area contributed by atoms with Gasteiger partial charge < -0.3 is 5.73 Å². The van der Waals surface area contributed by atoms with E-state index in [4.69, 9.17) is 11.6 Å². The number of nitrogens with one attached hydrogen (secondary N) is 1. The van der Waals surface area contributed by atoms with E-state index < -0.39 is 0 Å². The minimum Gasteiger partial charge on any atom is -0.369 e. The van der Waals surface area contributed by atoms with Crippen molar-refractivity contribution in [3.63, 3.8) is 0 Å². The van der Waals surface area contributed by atoms with Gasteiger partial charge in [-0.3, -0.25) is 5.43 Å². The van der Waals surface area contributed by atoms with Crippen LogP contribution in [0.15, 0.2) is 4.99 Å². The minimum absolute atomic E-state index is 0.355. The number of thioether (sulfide) groups is 1. The molecule has 0 bridgehead atoms. The molecule has 5 heteroatoms. The van der Waals surface area contributed by atoms with Gasteiger partial charge in [-0.1, -0.05) is 13.3 Å². The largest absolute Gasteiger partial charge is 0.369 e. The molecule has 1 fully saturated rings. The average molecular weight is 202 g/mol. The van der Waals surface area contributed by atoms with Crippen LogP contribution >= 0.6 is 11.8 Å². The Kier molecular flexibility index (Phi) is 4.38. The third-order valence-corrected chi connectivity index (χ3v) is 3.56. The van der Waals surface area contributed by atoms with Crippen molar-refractivity contribution in [1.82, 2.24) is 5.43 Å². The SMILES string of the molecule is CCSC1CCCC1N=C(N)NN. The lowest BCUT2D eigenvalue weighted by molar-refractivity contribution is 0.710. The summed E-state index contributed by atoms with van der Waals surface area (Å²) in [5.74, 6) is 6.66. The molecule has 0 heterocycles. The number of nitrogens with two attached hydrogens (primary N) is 2. The van der Waals surface area contributed by atoms with Crippen molar-refractivity contribution in [3.05, 3.63) is 0 Å². The van der Waals surface area contributed by atoms with Gasteiger partial charge in [0.2, 0.25) is 5.96 Å². The van der Waals surface area contributed by atoms with Gasteiger partial charge in [-0.05, 0) is 18.6 Å². The van der Waals surface area contributed by atoms with Gasteiger partial charge in [0.25, 0.3) is 0 Å². The van der Waals surface area contributed by atoms with Crippen LogP contribution in [-0.2, 0) is 0 Å². The van der Waals surface area contributed by atoms with Gasteiger partial charge in [-0.2, -0.15) is 11.8 Å². The molecule has 1 saturated carbocycles. The molecule has 0 aromatic heterocycles. The zero-order valence-corrected chi connectivity index (χ0v) is 8.81. The fourth-order valence-electron chi connectivity index (χ4n) is 1.68. The van der Waals surface area contributed by atoms with Crippen LogP contribution < -0.4 is 17.0 Å². The molecule has 0 spiro atoms. The fourth-order valence-corrected chi connectivity index (χ4v) is 2.86. The maximum absolute atomic E-state index is 5.52. The van der Waals surface area contributed by atoms with Crippen LogP contribution in [0.4, 0.5) is 0 Å². The van der Waals surface area contributed by atoms with Crippen LogP contribution in [0.25, 0.3) is 0 Å². The Bertz CT molecular complexity index is 183. The molecular weight excluding hydrogens is 184 g/mol. The molecule has 1 rings (SSSR count). The van der Waals surface area contributed by atoms with Crippen LogP contribution in [0, 0.1) is 0 Å². The van der Waals surface area contributed by atoms with Crippen molar-refractivity contribution in [2.75, 3.05) is 5.75 Å². The maximum atomic E-state index is 5.52. The maximum Gasteiger partial charge on any atom is 0.203 e. The van der Waals surface area contributed by atoms with E-state index in [0.717, 1.165) is 12.2 Å². The number of aliphatic imine (C=N–C) groups is 1. The number of rotatable bonds is 3. The summed E-state index contributed by atoms with van der Waals surface area (Å²) in [5, 5.41) is 0.636. The van der Waals surface area contributed by atoms with E-state index in [0.29, 0.717) is 17.3 Å². The number of nitrogens with zero attached hydrogens (tertiary/aromatic N) is 1. The molecule has 1 aliphatic carbocycles. The molecule has 0 radical (unpaired) electrons. The Balaban J connectivity index is 2.48. The van der Waals surface area contributed by atoms with Crippen molar-refractivity contribution >= 4 is 17.7 Å². The number of guanidine groups is 1. The normalized spacial score (nSPS) is 29.2. The van der Waals surface area contributed by atoms with E-state index in [2.05, 4.69) is 17.3 Å². The Labute approximate surface area is 83.5 Å². The molecule has 5 N–H and O–H groups in total. The summed E-state index contributed by atoms with van der Waals surface area (Å²) < 4.78 is 0. The van der Waals surface area contributed by atoms with E-state index >= 15 is 0 Å². The third kappa shape index (κ3) is 3.08. The first-order valence-electron chi connectivity index (χ1n) is 4.69. The molecule has 1 aliphatic rings. The summed E-state index contributed by atoms with van der Waals surface area (Å²) in [7, 11) is 0. The highest BCUT2D eigenvalue weighted by Gasteiger charge is 2.26. The molecule has 4 nitrogen and oxygen atoms in total. The molecule has 0 aliphatic heterocycles. The predicted molar refractivity (Wildman–Crippen MR) is 58.5 cm³/mol. The standard InChI is InChI=1S/C8H18N4S/c1-2-13-7-5-3-4-6(7)11-8(9)12-10/h6-7H,2-5,10H2,1H3,(H3,9,11,12). The Morgan fingerprint density at radius 1 is 1.62 bits per heavy atom. The molecular formula is C8H18N4S. The van der Waals surface area contributed by atoms with Crippen LogP contribution in [0.1, 0.15) is 26.2 Å². The summed E-state index contributed by atoms with van der Waals surface area (Å²) >= 11 is 1.97. The summed E-state index contributed by atoms with van der Waals surface area (Å²) in [4.78, 5) is 4.33. The van der Waals surface area contributed by atoms with Gasteiger partial charge in [-0.15, -0.1) is 0 Å². The zero-order chi connectivity index (χ0) is 9.68. The second-order valence-electron chi connectivity index (χ2n) is 3.15. The van der Waals surface area contributed by atoms with Gasteiger partial charge in [-0.25, -0.2) is 10.8 Å². The van der Waals surface area contributed by atoms with Crippen molar-refractivity contribution in [1.29, 1.82) is 0 Å². The fraction of sp³-hybridized carbons (Fsp3) is 0.875. The lowest BCUT2D eigenvalue weighted by Gasteiger charge is -2.14. The van der Waals surface area contributed by atoms with Gasteiger partial charge in [0, 0.05) is 5.25 Å². The van der Waals surface area contributed by atoms with Gasteiger partial charge in [0.15, 0.2) is 0 Å². The highest BCUT2D eigenvalue weighted by molar-refractivity contribution is 7.99. The van der Waals surface area contributed by atoms with E-state index in [1.54, 1.807) is 0 Å². The van der Waals surface area contributed by atoms with E-state index in [1.165, 1.54) is 12.8 Å². The van der Waals surface area contributed by atoms with Crippen LogP contribution in [-0.4, -0.2) is 23.0 Å². The van der Waals surface area contributed by atoms with Crippen LogP contribution in [0.3, 0.4) is 0 Å². The Hall–Kier alpha value is -0.420. The first-order valence-corrected chi connectivity index (χ1v) is 5.74. The van der Waals surface area contributed by atoms with Crippen molar-refractivity contribution < 1.29 is 0 Å². The summed E-state index contributed by atoms with van der Waals surface area (Å²) in [6.45, 7) is 2.17. The number of hydrogen-bond donors (Lipinski definition) is 3. The van der Waals surface area contributed by atoms with Gasteiger partial charge in [0.1, 0.15) is 0 Å². The molecule has 0 aromatic rings. The number of hydrazine groups is 1. The van der Waals surface area contributed by atoms with E-state index in [1.807, 2.05) is 11.8 Å². The summed E-state index contributed by atoms with van der Waals surface area (Å²) in [5.41, 5.74) is 7.89. The summed E-state index contributed by atoms with van der Waals surface area (Å²) in [6, 6.07) is 0.362. The summed E-state index contributed by atoms with van der Waals surface area (Å²) in [6.07, 6.45) is 3.65. The third-order valence-electron chi connectivity index (χ3n) is 2.25. The number of hydrogen-bond acceptors (Lipinski definition) is 3. The zero-order valence-electron chi connectivity index (χ0n) is 7.99. The topological polar surface area (TPSA) is 76.4 Å². The Morgan fingerprint density at radius 3 is 3.00 bits per heavy atom. The first-order chi connectivity index (χ1) is 6.27. The van der Waals surface area contributed by atoms with Crippen LogP contribution in [0.5, 0.6) is 0 Å². The van der Waals surface area contributed by atoms with Crippen molar-refractivity contribution in [2.45, 2.75) is 37.5 Å². The second-order valence-corrected chi connectivity index (χ2v) is 4.67. The Morgan fingerprint density at radius 2 is 2.38 bits per heavy atom. The molecule has 0 amide bonds. The molecule has 76 valence electrons. The van der Waals surface area contributed by atoms with Gasteiger partial charge in [0.05, 0.1) is 6.04 Å².